The van der Waals surface area contributed by atoms with Gasteiger partial charge in [0.05, 0.1) is 20.3 Å². The fourth-order valence-electron chi connectivity index (χ4n) is 3.87. The van der Waals surface area contributed by atoms with Crippen LogP contribution in [0.5, 0.6) is 11.5 Å². The summed E-state index contributed by atoms with van der Waals surface area (Å²) in [4.78, 5) is 30.7. The molecule has 2 aliphatic heterocycles. The van der Waals surface area contributed by atoms with Crippen LogP contribution in [0.25, 0.3) is 0 Å². The zero-order valence-electron chi connectivity index (χ0n) is 17.8. The highest BCUT2D eigenvalue weighted by Gasteiger charge is 2.32. The van der Waals surface area contributed by atoms with Gasteiger partial charge in [0.15, 0.2) is 23.9 Å². The van der Waals surface area contributed by atoms with Gasteiger partial charge in [-0.25, -0.2) is 4.68 Å². The first-order valence-electron chi connectivity index (χ1n) is 10.0. The van der Waals surface area contributed by atoms with Crippen LogP contribution in [0, 0.1) is 0 Å². The Labute approximate surface area is 179 Å². The highest BCUT2D eigenvalue weighted by molar-refractivity contribution is 5.96. The molecule has 1 amide bonds. The van der Waals surface area contributed by atoms with Crippen LogP contribution in [0.2, 0.25) is 0 Å². The van der Waals surface area contributed by atoms with Gasteiger partial charge >= 0.3 is 0 Å². The van der Waals surface area contributed by atoms with Gasteiger partial charge in [0, 0.05) is 24.4 Å². The number of rotatable bonds is 6. The lowest BCUT2D eigenvalue weighted by atomic mass is 9.93. The second kappa shape index (κ2) is 8.76. The summed E-state index contributed by atoms with van der Waals surface area (Å²) in [6.07, 6.45) is 1.44. The summed E-state index contributed by atoms with van der Waals surface area (Å²) in [7, 11) is 1.53. The van der Waals surface area contributed by atoms with E-state index in [4.69, 9.17) is 14.2 Å². The van der Waals surface area contributed by atoms with Crippen molar-refractivity contribution >= 4 is 17.6 Å². The first kappa shape index (κ1) is 20.9. The van der Waals surface area contributed by atoms with Crippen LogP contribution in [0.4, 0.5) is 5.95 Å². The van der Waals surface area contributed by atoms with E-state index in [1.165, 1.54) is 20.4 Å². The summed E-state index contributed by atoms with van der Waals surface area (Å²) in [5, 5.41) is 7.41. The number of carbonyl (C=O) groups is 2. The first-order chi connectivity index (χ1) is 15.0. The molecule has 0 aliphatic carbocycles. The Hall–Kier alpha value is -3.40. The number of morpholine rings is 1. The third kappa shape index (κ3) is 4.11. The fraction of sp³-hybridized carbons (Fsp3) is 0.429. The van der Waals surface area contributed by atoms with Crippen LogP contribution in [-0.4, -0.2) is 71.4 Å². The highest BCUT2D eigenvalue weighted by atomic mass is 16.5. The molecule has 2 aliphatic rings. The van der Waals surface area contributed by atoms with Gasteiger partial charge in [-0.3, -0.25) is 9.59 Å². The Morgan fingerprint density at radius 3 is 2.74 bits per heavy atom. The van der Waals surface area contributed by atoms with Crippen LogP contribution in [0.1, 0.15) is 25.5 Å². The molecule has 3 heterocycles. The number of benzene rings is 1. The Bertz CT molecular complexity index is 1020. The van der Waals surface area contributed by atoms with E-state index in [2.05, 4.69) is 15.4 Å². The monoisotopic (exact) mass is 427 g/mol. The number of allylic oxidation sites excluding steroid dienone is 2. The largest absolute Gasteiger partial charge is 0.493 e. The van der Waals surface area contributed by atoms with Crippen molar-refractivity contribution in [3.05, 3.63) is 41.4 Å². The maximum atomic E-state index is 12.4. The molecule has 1 N–H and O–H groups in total. The van der Waals surface area contributed by atoms with Gasteiger partial charge < -0.3 is 24.4 Å². The van der Waals surface area contributed by atoms with Gasteiger partial charge in [-0.1, -0.05) is 6.07 Å². The van der Waals surface area contributed by atoms with Crippen molar-refractivity contribution in [1.29, 1.82) is 0 Å². The minimum atomic E-state index is -0.450. The predicted octanol–water partition coefficient (Wildman–Crippen LogP) is 1.40. The molecule has 1 unspecified atom stereocenters. The standard InChI is InChI=1S/C21H25N5O5/c1-13-19(14(2)27)20(26-21(24-13)22-12-23-26)15-4-5-16(17(10-15)29-3)31-11-18(28)25-6-8-30-9-7-25/h4-5,10,12,20H,6-9,11H2,1-3H3,(H,22,23,24). The molecule has 1 saturated heterocycles. The number of methoxy groups -OCH3 is 1. The van der Waals surface area contributed by atoms with E-state index in [1.807, 2.05) is 13.0 Å². The van der Waals surface area contributed by atoms with E-state index in [1.54, 1.807) is 21.7 Å². The van der Waals surface area contributed by atoms with E-state index in [9.17, 15) is 9.59 Å². The SMILES string of the molecule is COc1cc(C2C(C(C)=O)=C(C)Nc3ncnn32)ccc1OCC(=O)N1CCOCC1. The first-order valence-corrected chi connectivity index (χ1v) is 10.0. The van der Waals surface area contributed by atoms with Gasteiger partial charge in [0.1, 0.15) is 12.4 Å². The van der Waals surface area contributed by atoms with Crippen LogP contribution >= 0.6 is 0 Å². The number of nitrogens with zero attached hydrogens (tertiary/aromatic N) is 4. The summed E-state index contributed by atoms with van der Waals surface area (Å²) >= 11 is 0. The van der Waals surface area contributed by atoms with Crippen LogP contribution in [-0.2, 0) is 14.3 Å². The van der Waals surface area contributed by atoms with Crippen molar-refractivity contribution in [2.75, 3.05) is 45.3 Å². The Balaban J connectivity index is 1.59. The van der Waals surface area contributed by atoms with Crippen molar-refractivity contribution in [1.82, 2.24) is 19.7 Å². The quantitative estimate of drug-likeness (QED) is 0.737. The van der Waals surface area contributed by atoms with Gasteiger partial charge in [0.25, 0.3) is 5.91 Å². The van der Waals surface area contributed by atoms with E-state index in [0.29, 0.717) is 49.3 Å². The normalized spacial score (nSPS) is 18.3. The Morgan fingerprint density at radius 2 is 2.03 bits per heavy atom. The molecule has 1 fully saturated rings. The molecule has 0 bridgehead atoms. The maximum Gasteiger partial charge on any atom is 0.260 e. The number of amides is 1. The number of ketones is 1. The lowest BCUT2D eigenvalue weighted by Crippen LogP contribution is -2.43. The third-order valence-corrected chi connectivity index (χ3v) is 5.39. The highest BCUT2D eigenvalue weighted by Crippen LogP contribution is 2.38. The lowest BCUT2D eigenvalue weighted by molar-refractivity contribution is -0.137. The Morgan fingerprint density at radius 1 is 1.26 bits per heavy atom. The molecular formula is C21H25N5O5. The van der Waals surface area contributed by atoms with Gasteiger partial charge in [-0.15, -0.1) is 0 Å². The molecule has 31 heavy (non-hydrogen) atoms. The molecule has 0 radical (unpaired) electrons. The minimum Gasteiger partial charge on any atom is -0.493 e. The number of hydrogen-bond donors (Lipinski definition) is 1. The molecular weight excluding hydrogens is 402 g/mol. The van der Waals surface area contributed by atoms with Gasteiger partial charge in [-0.2, -0.15) is 10.1 Å². The molecule has 10 nitrogen and oxygen atoms in total. The number of carbonyl (C=O) groups excluding carboxylic acids is 2. The van der Waals surface area contributed by atoms with E-state index in [0.717, 1.165) is 11.3 Å². The number of aromatic nitrogens is 3. The third-order valence-electron chi connectivity index (χ3n) is 5.39. The molecule has 1 atom stereocenters. The summed E-state index contributed by atoms with van der Waals surface area (Å²) in [6, 6.07) is 4.93. The van der Waals surface area contributed by atoms with Crippen molar-refractivity contribution in [2.45, 2.75) is 19.9 Å². The second-order valence-corrected chi connectivity index (χ2v) is 7.34. The minimum absolute atomic E-state index is 0.0634. The zero-order valence-corrected chi connectivity index (χ0v) is 17.8. The average molecular weight is 427 g/mol. The summed E-state index contributed by atoms with van der Waals surface area (Å²) in [6.45, 7) is 5.48. The van der Waals surface area contributed by atoms with Crippen molar-refractivity contribution < 1.29 is 23.8 Å². The average Bonchev–Trinajstić information content (AvgIpc) is 3.24. The molecule has 1 aromatic carbocycles. The molecule has 164 valence electrons. The van der Waals surface area contributed by atoms with E-state index >= 15 is 0 Å². The molecule has 4 rings (SSSR count). The number of Topliss-reactive ketones (excluding diaryl/α,β-unsaturated/α-hetero) is 1. The summed E-state index contributed by atoms with van der Waals surface area (Å²) < 4.78 is 18.2. The molecule has 0 spiro atoms. The summed E-state index contributed by atoms with van der Waals surface area (Å²) in [5.74, 6) is 1.31. The fourth-order valence-corrected chi connectivity index (χ4v) is 3.87. The predicted molar refractivity (Wildman–Crippen MR) is 111 cm³/mol. The van der Waals surface area contributed by atoms with Gasteiger partial charge in [0.2, 0.25) is 5.95 Å². The van der Waals surface area contributed by atoms with Crippen molar-refractivity contribution in [3.8, 4) is 11.5 Å². The smallest absolute Gasteiger partial charge is 0.260 e. The number of anilines is 1. The number of nitrogens with one attached hydrogen (secondary N) is 1. The number of ether oxygens (including phenoxy) is 3. The van der Waals surface area contributed by atoms with E-state index in [-0.39, 0.29) is 18.3 Å². The molecule has 2 aromatic rings. The Kier molecular flexibility index (Phi) is 5.90. The van der Waals surface area contributed by atoms with Crippen LogP contribution in [0.15, 0.2) is 35.8 Å². The molecule has 10 heteroatoms. The zero-order chi connectivity index (χ0) is 22.0. The van der Waals surface area contributed by atoms with Crippen LogP contribution < -0.4 is 14.8 Å². The topological polar surface area (TPSA) is 108 Å². The van der Waals surface area contributed by atoms with Crippen molar-refractivity contribution in [2.24, 2.45) is 0 Å². The molecule has 0 saturated carbocycles. The molecule has 1 aromatic heterocycles. The van der Waals surface area contributed by atoms with Gasteiger partial charge in [-0.05, 0) is 31.5 Å². The second-order valence-electron chi connectivity index (χ2n) is 7.34. The number of hydrogen-bond acceptors (Lipinski definition) is 8. The van der Waals surface area contributed by atoms with E-state index < -0.39 is 6.04 Å². The maximum absolute atomic E-state index is 12.4. The van der Waals surface area contributed by atoms with Crippen LogP contribution in [0.3, 0.4) is 0 Å². The number of fused-ring (bicyclic) bond motifs is 1. The van der Waals surface area contributed by atoms with Crippen molar-refractivity contribution in [3.63, 3.8) is 0 Å². The lowest BCUT2D eigenvalue weighted by Gasteiger charge is -2.28. The summed E-state index contributed by atoms with van der Waals surface area (Å²) in [5.41, 5.74) is 2.12.